The van der Waals surface area contributed by atoms with E-state index < -0.39 is 0 Å². The van der Waals surface area contributed by atoms with Crippen molar-refractivity contribution < 1.29 is 13.7 Å². The molecule has 138 valence electrons. The summed E-state index contributed by atoms with van der Waals surface area (Å²) in [4.78, 5) is 14.9. The summed E-state index contributed by atoms with van der Waals surface area (Å²) in [7, 11) is 0. The van der Waals surface area contributed by atoms with E-state index in [0.29, 0.717) is 16.9 Å². The first-order valence-corrected chi connectivity index (χ1v) is 9.03. The standard InChI is InChI=1S/C21H20FN3O2/c22-17-7-4-6-16(12-17)19-13-20(27-24-19)21(26)23-18-8-3-5-15(11-18)14-25-9-1-2-10-25/h3-8,11-13H,1-2,9-10,14H2,(H,23,26). The summed E-state index contributed by atoms with van der Waals surface area (Å²) in [6.45, 7) is 3.13. The Hall–Kier alpha value is -2.99. The average Bonchev–Trinajstić information content (AvgIpc) is 3.34. The molecular formula is C21H20FN3O2. The third kappa shape index (κ3) is 4.23. The minimum Gasteiger partial charge on any atom is -0.350 e. The van der Waals surface area contributed by atoms with Gasteiger partial charge in [0.05, 0.1) is 0 Å². The minimum atomic E-state index is -0.386. The van der Waals surface area contributed by atoms with Crippen LogP contribution in [0.3, 0.4) is 0 Å². The highest BCUT2D eigenvalue weighted by Crippen LogP contribution is 2.21. The number of benzene rings is 2. The number of nitrogens with one attached hydrogen (secondary N) is 1. The maximum absolute atomic E-state index is 13.3. The second-order valence-corrected chi connectivity index (χ2v) is 6.72. The molecule has 1 saturated heterocycles. The van der Waals surface area contributed by atoms with Gasteiger partial charge < -0.3 is 9.84 Å². The third-order valence-electron chi connectivity index (χ3n) is 4.64. The van der Waals surface area contributed by atoms with Crippen LogP contribution in [0, 0.1) is 5.82 Å². The van der Waals surface area contributed by atoms with Gasteiger partial charge in [-0.3, -0.25) is 9.69 Å². The number of hydrogen-bond donors (Lipinski definition) is 1. The number of hydrogen-bond acceptors (Lipinski definition) is 4. The summed E-state index contributed by atoms with van der Waals surface area (Å²) in [5.41, 5.74) is 2.85. The number of halogens is 1. The molecular weight excluding hydrogens is 345 g/mol. The fraction of sp³-hybridized carbons (Fsp3) is 0.238. The average molecular weight is 365 g/mol. The number of rotatable bonds is 5. The van der Waals surface area contributed by atoms with Gasteiger partial charge >= 0.3 is 0 Å². The van der Waals surface area contributed by atoms with E-state index in [1.165, 1.54) is 31.0 Å². The Morgan fingerprint density at radius 1 is 1.11 bits per heavy atom. The van der Waals surface area contributed by atoms with E-state index in [0.717, 1.165) is 25.2 Å². The van der Waals surface area contributed by atoms with Gasteiger partial charge in [0.2, 0.25) is 5.76 Å². The van der Waals surface area contributed by atoms with E-state index in [1.807, 2.05) is 18.2 Å². The van der Waals surface area contributed by atoms with Gasteiger partial charge in [0.1, 0.15) is 11.5 Å². The van der Waals surface area contributed by atoms with Crippen LogP contribution in [-0.4, -0.2) is 29.1 Å². The number of carbonyl (C=O) groups is 1. The van der Waals surface area contributed by atoms with E-state index in [9.17, 15) is 9.18 Å². The first kappa shape index (κ1) is 17.4. The SMILES string of the molecule is O=C(Nc1cccc(CN2CCCC2)c1)c1cc(-c2cccc(F)c2)no1. The fourth-order valence-corrected chi connectivity index (χ4v) is 3.31. The molecule has 3 aromatic rings. The van der Waals surface area contributed by atoms with E-state index in [1.54, 1.807) is 12.1 Å². The van der Waals surface area contributed by atoms with Crippen molar-refractivity contribution in [3.05, 3.63) is 71.7 Å². The van der Waals surface area contributed by atoms with Crippen LogP contribution in [-0.2, 0) is 6.54 Å². The largest absolute Gasteiger partial charge is 0.350 e. The summed E-state index contributed by atoms with van der Waals surface area (Å²) in [5, 5.41) is 6.70. The van der Waals surface area contributed by atoms with Gasteiger partial charge in [0, 0.05) is 23.9 Å². The maximum Gasteiger partial charge on any atom is 0.294 e. The van der Waals surface area contributed by atoms with Crippen LogP contribution in [0.25, 0.3) is 11.3 Å². The lowest BCUT2D eigenvalue weighted by molar-refractivity contribution is 0.0988. The lowest BCUT2D eigenvalue weighted by atomic mass is 10.1. The predicted molar refractivity (Wildman–Crippen MR) is 101 cm³/mol. The fourth-order valence-electron chi connectivity index (χ4n) is 3.31. The normalized spacial score (nSPS) is 14.4. The molecule has 0 atom stereocenters. The van der Waals surface area contributed by atoms with Crippen LogP contribution in [0.4, 0.5) is 10.1 Å². The predicted octanol–water partition coefficient (Wildman–Crippen LogP) is 4.33. The van der Waals surface area contributed by atoms with Crippen molar-refractivity contribution in [1.29, 1.82) is 0 Å². The van der Waals surface area contributed by atoms with E-state index >= 15 is 0 Å². The lowest BCUT2D eigenvalue weighted by Gasteiger charge is -2.15. The number of likely N-dealkylation sites (tertiary alicyclic amines) is 1. The van der Waals surface area contributed by atoms with Crippen molar-refractivity contribution >= 4 is 11.6 Å². The topological polar surface area (TPSA) is 58.4 Å². The van der Waals surface area contributed by atoms with Crippen molar-refractivity contribution in [2.24, 2.45) is 0 Å². The Morgan fingerprint density at radius 2 is 1.93 bits per heavy atom. The zero-order valence-electron chi connectivity index (χ0n) is 14.8. The van der Waals surface area contributed by atoms with Gasteiger partial charge in [-0.25, -0.2) is 4.39 Å². The second kappa shape index (κ2) is 7.72. The maximum atomic E-state index is 13.3. The highest BCUT2D eigenvalue weighted by molar-refractivity contribution is 6.02. The van der Waals surface area contributed by atoms with E-state index in [2.05, 4.69) is 21.4 Å². The Labute approximate surface area is 156 Å². The minimum absolute atomic E-state index is 0.0826. The first-order chi connectivity index (χ1) is 13.2. The van der Waals surface area contributed by atoms with Crippen LogP contribution in [0.2, 0.25) is 0 Å². The highest BCUT2D eigenvalue weighted by Gasteiger charge is 2.16. The molecule has 0 unspecified atom stereocenters. The molecule has 27 heavy (non-hydrogen) atoms. The zero-order valence-corrected chi connectivity index (χ0v) is 14.8. The van der Waals surface area contributed by atoms with E-state index in [4.69, 9.17) is 4.52 Å². The zero-order chi connectivity index (χ0) is 18.6. The smallest absolute Gasteiger partial charge is 0.294 e. The van der Waals surface area contributed by atoms with Crippen LogP contribution >= 0.6 is 0 Å². The molecule has 1 aliphatic rings. The number of amides is 1. The summed E-state index contributed by atoms with van der Waals surface area (Å²) in [6.07, 6.45) is 2.49. The molecule has 0 saturated carbocycles. The molecule has 2 heterocycles. The molecule has 0 aliphatic carbocycles. The molecule has 1 fully saturated rings. The second-order valence-electron chi connectivity index (χ2n) is 6.72. The number of carbonyl (C=O) groups excluding carboxylic acids is 1. The molecule has 4 rings (SSSR count). The molecule has 0 spiro atoms. The summed E-state index contributed by atoms with van der Waals surface area (Å²) >= 11 is 0. The van der Waals surface area contributed by atoms with Crippen molar-refractivity contribution in [2.45, 2.75) is 19.4 Å². The Bertz CT molecular complexity index is 948. The van der Waals surface area contributed by atoms with Gasteiger partial charge in [-0.2, -0.15) is 0 Å². The molecule has 1 amide bonds. The van der Waals surface area contributed by atoms with Gasteiger partial charge in [-0.1, -0.05) is 29.4 Å². The van der Waals surface area contributed by atoms with E-state index in [-0.39, 0.29) is 17.5 Å². The summed E-state index contributed by atoms with van der Waals surface area (Å²) in [5.74, 6) is -0.668. The van der Waals surface area contributed by atoms with Gasteiger partial charge in [0.25, 0.3) is 5.91 Å². The molecule has 1 aromatic heterocycles. The molecule has 0 bridgehead atoms. The molecule has 0 radical (unpaired) electrons. The summed E-state index contributed by atoms with van der Waals surface area (Å²) in [6, 6.07) is 15.3. The highest BCUT2D eigenvalue weighted by atomic mass is 19.1. The molecule has 5 nitrogen and oxygen atoms in total. The van der Waals surface area contributed by atoms with Crippen molar-refractivity contribution in [3.8, 4) is 11.3 Å². The Balaban J connectivity index is 1.45. The molecule has 1 N–H and O–H groups in total. The lowest BCUT2D eigenvalue weighted by Crippen LogP contribution is -2.18. The molecule has 1 aliphatic heterocycles. The summed E-state index contributed by atoms with van der Waals surface area (Å²) < 4.78 is 18.5. The van der Waals surface area contributed by atoms with Crippen molar-refractivity contribution in [3.63, 3.8) is 0 Å². The van der Waals surface area contributed by atoms with Gasteiger partial charge in [-0.05, 0) is 55.8 Å². The quantitative estimate of drug-likeness (QED) is 0.731. The molecule has 6 heteroatoms. The first-order valence-electron chi connectivity index (χ1n) is 9.03. The number of nitrogens with zero attached hydrogens (tertiary/aromatic N) is 2. The Morgan fingerprint density at radius 3 is 2.74 bits per heavy atom. The van der Waals surface area contributed by atoms with Crippen LogP contribution in [0.15, 0.2) is 59.1 Å². The molecule has 2 aromatic carbocycles. The van der Waals surface area contributed by atoms with Crippen LogP contribution < -0.4 is 5.32 Å². The van der Waals surface area contributed by atoms with Crippen LogP contribution in [0.1, 0.15) is 29.0 Å². The monoisotopic (exact) mass is 365 g/mol. The third-order valence-corrected chi connectivity index (χ3v) is 4.64. The van der Waals surface area contributed by atoms with Crippen molar-refractivity contribution in [2.75, 3.05) is 18.4 Å². The number of aromatic nitrogens is 1. The van der Waals surface area contributed by atoms with Crippen molar-refractivity contribution in [1.82, 2.24) is 10.1 Å². The van der Waals surface area contributed by atoms with Gasteiger partial charge in [0.15, 0.2) is 0 Å². The van der Waals surface area contributed by atoms with Gasteiger partial charge in [-0.15, -0.1) is 0 Å². The van der Waals surface area contributed by atoms with Crippen LogP contribution in [0.5, 0.6) is 0 Å². The number of anilines is 1. The Kier molecular flexibility index (Phi) is 4.98.